The standard InChI is InChI=1S/C11H24BrNO4Si/c1-6-15-18(16-7-2,17-8-3)9-13-10(14)11(4,5)12/h6-9H2,1-5H3,(H,13,14). The first kappa shape index (κ1) is 18.0. The van der Waals surface area contributed by atoms with E-state index in [1.165, 1.54) is 0 Å². The second-order valence-corrected chi connectivity index (χ2v) is 8.71. The van der Waals surface area contributed by atoms with Crippen LogP contribution in [-0.2, 0) is 18.1 Å². The van der Waals surface area contributed by atoms with Gasteiger partial charge in [0.1, 0.15) is 0 Å². The minimum absolute atomic E-state index is 0.113. The molecule has 0 unspecified atom stereocenters. The monoisotopic (exact) mass is 341 g/mol. The molecule has 0 fully saturated rings. The molecule has 0 spiro atoms. The molecule has 0 saturated heterocycles. The van der Waals surface area contributed by atoms with Gasteiger partial charge in [0, 0.05) is 19.8 Å². The average Bonchev–Trinajstić information content (AvgIpc) is 2.25. The Hall–Kier alpha value is 0.0469. The third-order valence-corrected chi connectivity index (χ3v) is 5.25. The zero-order chi connectivity index (χ0) is 14.2. The molecular weight excluding hydrogens is 318 g/mol. The van der Waals surface area contributed by atoms with Crippen molar-refractivity contribution in [3.8, 4) is 0 Å². The van der Waals surface area contributed by atoms with Crippen molar-refractivity contribution >= 4 is 30.6 Å². The summed E-state index contributed by atoms with van der Waals surface area (Å²) in [4.78, 5) is 11.8. The highest BCUT2D eigenvalue weighted by Gasteiger charge is 2.41. The zero-order valence-electron chi connectivity index (χ0n) is 11.8. The quantitative estimate of drug-likeness (QED) is 0.513. The lowest BCUT2D eigenvalue weighted by atomic mass is 10.2. The molecule has 0 aliphatic rings. The first-order valence-electron chi connectivity index (χ1n) is 6.20. The van der Waals surface area contributed by atoms with E-state index in [4.69, 9.17) is 13.3 Å². The van der Waals surface area contributed by atoms with Gasteiger partial charge in [-0.05, 0) is 34.6 Å². The lowest BCUT2D eigenvalue weighted by molar-refractivity contribution is -0.122. The number of nitrogens with one attached hydrogen (secondary N) is 1. The van der Waals surface area contributed by atoms with E-state index < -0.39 is 13.1 Å². The van der Waals surface area contributed by atoms with Crippen LogP contribution in [0.1, 0.15) is 34.6 Å². The van der Waals surface area contributed by atoms with Gasteiger partial charge in [-0.25, -0.2) is 0 Å². The number of carbonyl (C=O) groups excluding carboxylic acids is 1. The predicted octanol–water partition coefficient (Wildman–Crippen LogP) is 1.86. The molecule has 7 heteroatoms. The summed E-state index contributed by atoms with van der Waals surface area (Å²) in [5.41, 5.74) is 0. The molecule has 0 rings (SSSR count). The predicted molar refractivity (Wildman–Crippen MR) is 76.6 cm³/mol. The highest BCUT2D eigenvalue weighted by atomic mass is 79.9. The lowest BCUT2D eigenvalue weighted by Gasteiger charge is -2.29. The van der Waals surface area contributed by atoms with Gasteiger partial charge < -0.3 is 18.6 Å². The number of alkyl halides is 1. The van der Waals surface area contributed by atoms with Crippen molar-refractivity contribution in [2.45, 2.75) is 38.9 Å². The molecule has 0 bridgehead atoms. The second kappa shape index (κ2) is 8.26. The van der Waals surface area contributed by atoms with Gasteiger partial charge in [-0.15, -0.1) is 0 Å². The van der Waals surface area contributed by atoms with E-state index >= 15 is 0 Å². The first-order chi connectivity index (χ1) is 8.31. The summed E-state index contributed by atoms with van der Waals surface area (Å²) < 4.78 is 16.3. The minimum atomic E-state index is -2.79. The smallest absolute Gasteiger partial charge is 0.373 e. The van der Waals surface area contributed by atoms with E-state index in [1.54, 1.807) is 13.8 Å². The van der Waals surface area contributed by atoms with Crippen molar-refractivity contribution in [2.75, 3.05) is 26.0 Å². The molecule has 0 aromatic carbocycles. The molecule has 0 radical (unpaired) electrons. The van der Waals surface area contributed by atoms with Gasteiger partial charge in [-0.2, -0.15) is 0 Å². The number of carbonyl (C=O) groups is 1. The van der Waals surface area contributed by atoms with Crippen molar-refractivity contribution in [3.05, 3.63) is 0 Å². The van der Waals surface area contributed by atoms with Crippen LogP contribution in [0.4, 0.5) is 0 Å². The maximum Gasteiger partial charge on any atom is 0.521 e. The van der Waals surface area contributed by atoms with Crippen molar-refractivity contribution in [1.29, 1.82) is 0 Å². The Labute approximate surface area is 119 Å². The van der Waals surface area contributed by atoms with Crippen LogP contribution in [-0.4, -0.2) is 45.0 Å². The summed E-state index contributed by atoms with van der Waals surface area (Å²) >= 11 is 3.31. The Morgan fingerprint density at radius 3 is 1.78 bits per heavy atom. The largest absolute Gasteiger partial charge is 0.521 e. The van der Waals surface area contributed by atoms with E-state index in [-0.39, 0.29) is 12.1 Å². The molecule has 1 N–H and O–H groups in total. The average molecular weight is 342 g/mol. The molecule has 5 nitrogen and oxygen atoms in total. The van der Waals surface area contributed by atoms with Crippen LogP contribution in [0.3, 0.4) is 0 Å². The lowest BCUT2D eigenvalue weighted by Crippen LogP contribution is -2.57. The Morgan fingerprint density at radius 1 is 1.11 bits per heavy atom. The Kier molecular flexibility index (Phi) is 8.29. The highest BCUT2D eigenvalue weighted by molar-refractivity contribution is 9.10. The van der Waals surface area contributed by atoms with Gasteiger partial charge in [-0.3, -0.25) is 4.79 Å². The van der Waals surface area contributed by atoms with E-state index in [0.717, 1.165) is 0 Å². The fourth-order valence-corrected chi connectivity index (χ4v) is 3.73. The SMILES string of the molecule is CCO[Si](CNC(=O)C(C)(C)Br)(OCC)OCC. The van der Waals surface area contributed by atoms with E-state index in [1.807, 2.05) is 20.8 Å². The summed E-state index contributed by atoms with van der Waals surface area (Å²) in [6.07, 6.45) is 0.288. The van der Waals surface area contributed by atoms with Crippen LogP contribution in [0.15, 0.2) is 0 Å². The van der Waals surface area contributed by atoms with Crippen molar-refractivity contribution in [2.24, 2.45) is 0 Å². The number of hydrogen-bond acceptors (Lipinski definition) is 4. The van der Waals surface area contributed by atoms with Crippen molar-refractivity contribution in [3.63, 3.8) is 0 Å². The molecular formula is C11H24BrNO4Si. The summed E-state index contributed by atoms with van der Waals surface area (Å²) in [6, 6.07) is 0. The fraction of sp³-hybridized carbons (Fsp3) is 0.909. The third-order valence-electron chi connectivity index (χ3n) is 2.10. The molecule has 0 aliphatic carbocycles. The Morgan fingerprint density at radius 2 is 1.50 bits per heavy atom. The summed E-state index contributed by atoms with van der Waals surface area (Å²) in [6.45, 7) is 10.7. The normalized spacial score (nSPS) is 12.6. The molecule has 1 amide bonds. The van der Waals surface area contributed by atoms with E-state index in [2.05, 4.69) is 21.2 Å². The number of hydrogen-bond donors (Lipinski definition) is 1. The van der Waals surface area contributed by atoms with Gasteiger partial charge in [0.2, 0.25) is 5.91 Å². The Bertz CT molecular complexity index is 241. The summed E-state index contributed by atoms with van der Waals surface area (Å²) in [5, 5.41) is 2.82. The second-order valence-electron chi connectivity index (χ2n) is 4.14. The van der Waals surface area contributed by atoms with Crippen LogP contribution in [0.5, 0.6) is 0 Å². The Balaban J connectivity index is 4.61. The van der Waals surface area contributed by atoms with Crippen LogP contribution >= 0.6 is 15.9 Å². The summed E-state index contributed by atoms with van der Waals surface area (Å²) in [5.74, 6) is -0.113. The molecule has 0 aliphatic heterocycles. The van der Waals surface area contributed by atoms with Crippen LogP contribution in [0.25, 0.3) is 0 Å². The fourth-order valence-electron chi connectivity index (χ4n) is 1.34. The zero-order valence-corrected chi connectivity index (χ0v) is 14.4. The maximum absolute atomic E-state index is 11.8. The van der Waals surface area contributed by atoms with Gasteiger partial charge in [0.05, 0.1) is 10.5 Å². The summed E-state index contributed by atoms with van der Waals surface area (Å²) in [7, 11) is -2.79. The van der Waals surface area contributed by atoms with E-state index in [9.17, 15) is 4.79 Å². The highest BCUT2D eigenvalue weighted by Crippen LogP contribution is 2.16. The third kappa shape index (κ3) is 6.28. The van der Waals surface area contributed by atoms with Crippen molar-refractivity contribution in [1.82, 2.24) is 5.32 Å². The number of amides is 1. The molecule has 0 aromatic heterocycles. The first-order valence-corrected chi connectivity index (χ1v) is 8.92. The minimum Gasteiger partial charge on any atom is -0.373 e. The molecule has 0 atom stereocenters. The van der Waals surface area contributed by atoms with Gasteiger partial charge >= 0.3 is 8.80 Å². The van der Waals surface area contributed by atoms with Gasteiger partial charge in [0.25, 0.3) is 0 Å². The van der Waals surface area contributed by atoms with Gasteiger partial charge in [0.15, 0.2) is 0 Å². The topological polar surface area (TPSA) is 56.8 Å². The molecule has 0 saturated carbocycles. The number of rotatable bonds is 9. The van der Waals surface area contributed by atoms with Crippen LogP contribution < -0.4 is 5.32 Å². The molecule has 108 valence electrons. The number of halogens is 1. The van der Waals surface area contributed by atoms with Crippen molar-refractivity contribution < 1.29 is 18.1 Å². The van der Waals surface area contributed by atoms with E-state index in [0.29, 0.717) is 19.8 Å². The molecule has 0 heterocycles. The van der Waals surface area contributed by atoms with Gasteiger partial charge in [-0.1, -0.05) is 15.9 Å². The molecule has 18 heavy (non-hydrogen) atoms. The van der Waals surface area contributed by atoms with Crippen LogP contribution in [0, 0.1) is 0 Å². The maximum atomic E-state index is 11.8. The molecule has 0 aromatic rings. The van der Waals surface area contributed by atoms with Crippen LogP contribution in [0.2, 0.25) is 0 Å².